The van der Waals surface area contributed by atoms with E-state index in [2.05, 4.69) is 29.9 Å². The largest absolute Gasteiger partial charge is 0.311 e. The standard InChI is InChI=1S/C39H25N5/c1-26-31(22-35(43-2)27-14-6-3-7-15-27)30-20-12-13-21-36(30)44(26)39-33(24-41)37(28-16-8-4-9-17-28)32(23-40)38(34(39)25-42)29-18-10-5-11-19-29/h3-22H,2H2,1H3/b35-22-. The van der Waals surface area contributed by atoms with Gasteiger partial charge in [-0.2, -0.15) is 15.8 Å². The molecule has 0 radical (unpaired) electrons. The van der Waals surface area contributed by atoms with E-state index in [9.17, 15) is 15.8 Å². The third-order valence-electron chi connectivity index (χ3n) is 7.84. The lowest BCUT2D eigenvalue weighted by Gasteiger charge is -2.21. The Labute approximate surface area is 256 Å². The highest BCUT2D eigenvalue weighted by Crippen LogP contribution is 2.44. The summed E-state index contributed by atoms with van der Waals surface area (Å²) in [6.07, 6.45) is 1.99. The average molecular weight is 564 g/mol. The van der Waals surface area contributed by atoms with Gasteiger partial charge in [0.1, 0.15) is 18.2 Å². The van der Waals surface area contributed by atoms with Crippen molar-refractivity contribution >= 4 is 29.4 Å². The lowest BCUT2D eigenvalue weighted by molar-refractivity contribution is 1.04. The Morgan fingerprint density at radius 3 is 1.64 bits per heavy atom. The zero-order chi connectivity index (χ0) is 30.6. The van der Waals surface area contributed by atoms with E-state index in [0.29, 0.717) is 22.5 Å². The van der Waals surface area contributed by atoms with Crippen molar-refractivity contribution < 1.29 is 0 Å². The highest BCUT2D eigenvalue weighted by atomic mass is 15.0. The van der Waals surface area contributed by atoms with E-state index < -0.39 is 0 Å². The van der Waals surface area contributed by atoms with Gasteiger partial charge in [-0.3, -0.25) is 4.99 Å². The zero-order valence-corrected chi connectivity index (χ0v) is 24.0. The van der Waals surface area contributed by atoms with Gasteiger partial charge < -0.3 is 4.57 Å². The Hall–Kier alpha value is -6.48. The van der Waals surface area contributed by atoms with Gasteiger partial charge in [-0.05, 0) is 36.9 Å². The monoisotopic (exact) mass is 563 g/mol. The first-order valence-electron chi connectivity index (χ1n) is 14.0. The molecule has 0 aliphatic carbocycles. The smallest absolute Gasteiger partial charge is 0.102 e. The zero-order valence-electron chi connectivity index (χ0n) is 24.0. The van der Waals surface area contributed by atoms with Crippen LogP contribution in [0.3, 0.4) is 0 Å². The van der Waals surface area contributed by atoms with Crippen molar-refractivity contribution in [2.24, 2.45) is 4.99 Å². The summed E-state index contributed by atoms with van der Waals surface area (Å²) in [5.74, 6) is 0. The maximum atomic E-state index is 10.8. The maximum Gasteiger partial charge on any atom is 0.102 e. The molecule has 44 heavy (non-hydrogen) atoms. The minimum Gasteiger partial charge on any atom is -0.311 e. The molecule has 0 saturated heterocycles. The Bertz CT molecular complexity index is 2120. The molecule has 6 aromatic rings. The molecule has 0 unspecified atom stereocenters. The summed E-state index contributed by atoms with van der Waals surface area (Å²) in [4.78, 5) is 4.34. The quantitative estimate of drug-likeness (QED) is 0.189. The molecule has 6 rings (SSSR count). The van der Waals surface area contributed by atoms with E-state index in [1.807, 2.05) is 133 Å². The molecule has 0 saturated carbocycles. The third-order valence-corrected chi connectivity index (χ3v) is 7.84. The van der Waals surface area contributed by atoms with Crippen LogP contribution in [-0.2, 0) is 0 Å². The lowest BCUT2D eigenvalue weighted by atomic mass is 9.84. The number of nitriles is 3. The van der Waals surface area contributed by atoms with Gasteiger partial charge in [0, 0.05) is 33.3 Å². The molecule has 0 N–H and O–H groups in total. The minimum atomic E-state index is 0.258. The third kappa shape index (κ3) is 4.54. The van der Waals surface area contributed by atoms with E-state index in [0.717, 1.165) is 38.9 Å². The van der Waals surface area contributed by atoms with Crippen LogP contribution < -0.4 is 0 Å². The van der Waals surface area contributed by atoms with E-state index >= 15 is 0 Å². The molecule has 1 aromatic heterocycles. The second-order valence-electron chi connectivity index (χ2n) is 10.2. The minimum absolute atomic E-state index is 0.258. The fraction of sp³-hybridized carbons (Fsp3) is 0.0256. The van der Waals surface area contributed by atoms with Crippen LogP contribution in [0.15, 0.2) is 120 Å². The van der Waals surface area contributed by atoms with Crippen molar-refractivity contribution in [2.45, 2.75) is 6.92 Å². The number of hydrogen-bond donors (Lipinski definition) is 0. The van der Waals surface area contributed by atoms with Crippen molar-refractivity contribution in [3.05, 3.63) is 149 Å². The van der Waals surface area contributed by atoms with Gasteiger partial charge >= 0.3 is 0 Å². The number of nitrogens with zero attached hydrogens (tertiary/aromatic N) is 5. The molecule has 0 amide bonds. The summed E-state index contributed by atoms with van der Waals surface area (Å²) < 4.78 is 1.98. The van der Waals surface area contributed by atoms with Crippen LogP contribution in [-0.4, -0.2) is 11.3 Å². The van der Waals surface area contributed by atoms with E-state index in [1.165, 1.54) is 0 Å². The van der Waals surface area contributed by atoms with Crippen LogP contribution in [0, 0.1) is 40.9 Å². The number of rotatable bonds is 6. The summed E-state index contributed by atoms with van der Waals surface area (Å²) in [6.45, 7) is 5.81. The first kappa shape index (κ1) is 27.7. The Kier molecular flexibility index (Phi) is 7.42. The Morgan fingerprint density at radius 1 is 0.659 bits per heavy atom. The second kappa shape index (κ2) is 11.8. The van der Waals surface area contributed by atoms with Gasteiger partial charge in [0.15, 0.2) is 0 Å². The van der Waals surface area contributed by atoms with Gasteiger partial charge in [-0.25, -0.2) is 0 Å². The van der Waals surface area contributed by atoms with E-state index in [-0.39, 0.29) is 16.7 Å². The van der Waals surface area contributed by atoms with Crippen LogP contribution in [0.4, 0.5) is 0 Å². The van der Waals surface area contributed by atoms with Crippen LogP contribution >= 0.6 is 0 Å². The topological polar surface area (TPSA) is 88.7 Å². The fourth-order valence-electron chi connectivity index (χ4n) is 5.91. The van der Waals surface area contributed by atoms with E-state index in [4.69, 9.17) is 0 Å². The molecule has 1 heterocycles. The molecule has 0 spiro atoms. The first-order chi connectivity index (χ1) is 21.6. The molecule has 0 aliphatic heterocycles. The van der Waals surface area contributed by atoms with Gasteiger partial charge in [0.05, 0.1) is 33.6 Å². The van der Waals surface area contributed by atoms with E-state index in [1.54, 1.807) is 0 Å². The second-order valence-corrected chi connectivity index (χ2v) is 10.2. The SMILES string of the molecule is C=N/C(=C\c1c(C)n(-c2c(C#N)c(-c3ccccc3)c(C#N)c(-c3ccccc3)c2C#N)c2ccccc12)c1ccccc1. The predicted molar refractivity (Wildman–Crippen MR) is 177 cm³/mol. The lowest BCUT2D eigenvalue weighted by Crippen LogP contribution is -2.09. The molecule has 0 atom stereocenters. The Morgan fingerprint density at radius 2 is 1.14 bits per heavy atom. The molecule has 0 aliphatic rings. The van der Waals surface area contributed by atoms with Gasteiger partial charge in [0.2, 0.25) is 0 Å². The Balaban J connectivity index is 1.81. The van der Waals surface area contributed by atoms with Gasteiger partial charge in [-0.1, -0.05) is 109 Å². The maximum absolute atomic E-state index is 10.8. The van der Waals surface area contributed by atoms with Crippen molar-refractivity contribution in [3.8, 4) is 46.1 Å². The van der Waals surface area contributed by atoms with Crippen molar-refractivity contribution in [3.63, 3.8) is 0 Å². The molecule has 5 heteroatoms. The number of hydrogen-bond acceptors (Lipinski definition) is 4. The fourth-order valence-corrected chi connectivity index (χ4v) is 5.91. The van der Waals surface area contributed by atoms with Crippen LogP contribution in [0.5, 0.6) is 0 Å². The summed E-state index contributed by atoms with van der Waals surface area (Å²) >= 11 is 0. The normalized spacial score (nSPS) is 11.0. The highest BCUT2D eigenvalue weighted by Gasteiger charge is 2.29. The molecule has 5 aromatic carbocycles. The average Bonchev–Trinajstić information content (AvgIpc) is 3.36. The summed E-state index contributed by atoms with van der Waals surface area (Å²) in [5, 5.41) is 33.1. The summed E-state index contributed by atoms with van der Waals surface area (Å²) in [7, 11) is 0. The van der Waals surface area contributed by atoms with Gasteiger partial charge in [0.25, 0.3) is 0 Å². The van der Waals surface area contributed by atoms with Crippen LogP contribution in [0.2, 0.25) is 0 Å². The highest BCUT2D eigenvalue weighted by molar-refractivity contribution is 6.00. The van der Waals surface area contributed by atoms with Crippen molar-refractivity contribution in [1.29, 1.82) is 15.8 Å². The summed E-state index contributed by atoms with van der Waals surface area (Å²) in [6, 6.07) is 43.7. The van der Waals surface area contributed by atoms with Crippen LogP contribution in [0.25, 0.3) is 50.6 Å². The van der Waals surface area contributed by atoms with Gasteiger partial charge in [-0.15, -0.1) is 0 Å². The number of benzene rings is 5. The molecular weight excluding hydrogens is 538 g/mol. The predicted octanol–water partition coefficient (Wildman–Crippen LogP) is 9.09. The number of para-hydroxylation sites is 1. The van der Waals surface area contributed by atoms with Crippen molar-refractivity contribution in [1.82, 2.24) is 4.57 Å². The molecule has 0 fully saturated rings. The number of aromatic nitrogens is 1. The van der Waals surface area contributed by atoms with Crippen LogP contribution in [0.1, 0.15) is 33.5 Å². The number of aliphatic imine (C=N–C) groups is 1. The molecule has 206 valence electrons. The summed E-state index contributed by atoms with van der Waals surface area (Å²) in [5.41, 5.74) is 7.84. The number of fused-ring (bicyclic) bond motifs is 1. The molecule has 5 nitrogen and oxygen atoms in total. The molecular formula is C39H25N5. The van der Waals surface area contributed by atoms with Crippen molar-refractivity contribution in [2.75, 3.05) is 0 Å². The first-order valence-corrected chi connectivity index (χ1v) is 14.0. The molecule has 0 bridgehead atoms.